The van der Waals surface area contributed by atoms with Crippen molar-refractivity contribution in [3.63, 3.8) is 0 Å². The molecule has 1 rings (SSSR count). The van der Waals surface area contributed by atoms with Gasteiger partial charge < -0.3 is 0 Å². The molecule has 0 aromatic carbocycles. The standard InChI is InChI=1S/C14H23Cl3N4O/c1-6-20(7-2)11(14(15,16)17)10(12(22)13(3,4)5)21-9-18-8-19-21/h8-11H,6-7H2,1-5H3. The number of carbonyl (C=O) groups is 1. The molecule has 0 spiro atoms. The number of ketones is 1. The Morgan fingerprint density at radius 1 is 1.23 bits per heavy atom. The normalized spacial score (nSPS) is 15.9. The maximum atomic E-state index is 13.0. The van der Waals surface area contributed by atoms with Crippen molar-refractivity contribution in [1.82, 2.24) is 19.7 Å². The summed E-state index contributed by atoms with van der Waals surface area (Å²) in [5, 5.41) is 4.12. The summed E-state index contributed by atoms with van der Waals surface area (Å²) in [7, 11) is 0. The fourth-order valence-corrected chi connectivity index (χ4v) is 3.19. The first kappa shape index (κ1) is 19.7. The zero-order chi connectivity index (χ0) is 17.1. The largest absolute Gasteiger partial charge is 0.297 e. The molecule has 8 heteroatoms. The third kappa shape index (κ3) is 4.57. The van der Waals surface area contributed by atoms with E-state index in [9.17, 15) is 4.79 Å². The Morgan fingerprint density at radius 2 is 1.77 bits per heavy atom. The molecule has 5 nitrogen and oxygen atoms in total. The minimum Gasteiger partial charge on any atom is -0.297 e. The van der Waals surface area contributed by atoms with Crippen molar-refractivity contribution in [2.24, 2.45) is 5.41 Å². The minimum absolute atomic E-state index is 0.0544. The molecule has 0 saturated heterocycles. The molecule has 0 radical (unpaired) electrons. The highest BCUT2D eigenvalue weighted by atomic mass is 35.6. The summed E-state index contributed by atoms with van der Waals surface area (Å²) in [6.45, 7) is 10.8. The van der Waals surface area contributed by atoms with E-state index >= 15 is 0 Å². The Hall–Kier alpha value is -0.360. The van der Waals surface area contributed by atoms with Crippen LogP contribution in [-0.4, -0.2) is 48.4 Å². The van der Waals surface area contributed by atoms with Crippen molar-refractivity contribution in [2.75, 3.05) is 13.1 Å². The van der Waals surface area contributed by atoms with Crippen molar-refractivity contribution < 1.29 is 4.79 Å². The number of carbonyl (C=O) groups excluding carboxylic acids is 1. The number of likely N-dealkylation sites (N-methyl/N-ethyl adjacent to an activating group) is 1. The number of hydrogen-bond acceptors (Lipinski definition) is 4. The lowest BCUT2D eigenvalue weighted by atomic mass is 9.83. The highest BCUT2D eigenvalue weighted by Gasteiger charge is 2.48. The first-order valence-corrected chi connectivity index (χ1v) is 8.36. The van der Waals surface area contributed by atoms with Gasteiger partial charge in [-0.05, 0) is 13.1 Å². The van der Waals surface area contributed by atoms with Crippen LogP contribution in [0.5, 0.6) is 0 Å². The second-order valence-corrected chi connectivity index (χ2v) is 8.51. The minimum atomic E-state index is -1.64. The van der Waals surface area contributed by atoms with Gasteiger partial charge in [0.25, 0.3) is 0 Å². The average molecular weight is 370 g/mol. The number of rotatable bonds is 6. The molecule has 22 heavy (non-hydrogen) atoms. The SMILES string of the molecule is CCN(CC)C(C(C(=O)C(C)(C)C)n1cncn1)C(Cl)(Cl)Cl. The summed E-state index contributed by atoms with van der Waals surface area (Å²) >= 11 is 18.7. The second-order valence-electron chi connectivity index (χ2n) is 6.14. The van der Waals surface area contributed by atoms with Crippen LogP contribution in [0.15, 0.2) is 12.7 Å². The van der Waals surface area contributed by atoms with E-state index in [-0.39, 0.29) is 5.78 Å². The first-order chi connectivity index (χ1) is 10.0. The van der Waals surface area contributed by atoms with E-state index in [1.807, 2.05) is 39.5 Å². The Balaban J connectivity index is 3.42. The fourth-order valence-electron chi connectivity index (χ4n) is 2.42. The lowest BCUT2D eigenvalue weighted by molar-refractivity contribution is -0.132. The predicted molar refractivity (Wildman–Crippen MR) is 90.5 cm³/mol. The second kappa shape index (κ2) is 7.47. The van der Waals surface area contributed by atoms with Crippen LogP contribution in [0.1, 0.15) is 40.7 Å². The Labute approximate surface area is 146 Å². The molecule has 0 amide bonds. The lowest BCUT2D eigenvalue weighted by Gasteiger charge is -2.40. The van der Waals surface area contributed by atoms with E-state index in [1.54, 1.807) is 0 Å². The van der Waals surface area contributed by atoms with E-state index in [2.05, 4.69) is 10.1 Å². The van der Waals surface area contributed by atoms with Crippen molar-refractivity contribution in [3.05, 3.63) is 12.7 Å². The number of aromatic nitrogens is 3. The third-order valence-electron chi connectivity index (χ3n) is 3.57. The molecule has 126 valence electrons. The molecule has 0 aliphatic rings. The van der Waals surface area contributed by atoms with Gasteiger partial charge in [0.1, 0.15) is 18.7 Å². The van der Waals surface area contributed by atoms with Crippen LogP contribution >= 0.6 is 34.8 Å². The molecule has 1 aromatic heterocycles. The third-order valence-corrected chi connectivity index (χ3v) is 4.24. The summed E-state index contributed by atoms with van der Waals surface area (Å²) in [6.07, 6.45) is 2.86. The van der Waals surface area contributed by atoms with Gasteiger partial charge in [-0.1, -0.05) is 69.4 Å². The highest BCUT2D eigenvalue weighted by Crippen LogP contribution is 2.41. The van der Waals surface area contributed by atoms with Crippen LogP contribution in [0.25, 0.3) is 0 Å². The predicted octanol–water partition coefficient (Wildman–Crippen LogP) is 3.52. The van der Waals surface area contributed by atoms with Crippen molar-refractivity contribution in [2.45, 2.75) is 50.5 Å². The molecule has 0 aliphatic heterocycles. The molecule has 0 N–H and O–H groups in total. The molecule has 1 heterocycles. The molecule has 2 atom stereocenters. The van der Waals surface area contributed by atoms with Gasteiger partial charge in [-0.2, -0.15) is 5.10 Å². The molecule has 1 aromatic rings. The fraction of sp³-hybridized carbons (Fsp3) is 0.786. The highest BCUT2D eigenvalue weighted by molar-refractivity contribution is 6.68. The van der Waals surface area contributed by atoms with Gasteiger partial charge in [-0.25, -0.2) is 9.67 Å². The number of Topliss-reactive ketones (excluding diaryl/α,β-unsaturated/α-hetero) is 1. The van der Waals surface area contributed by atoms with Crippen LogP contribution in [-0.2, 0) is 4.79 Å². The molecule has 2 unspecified atom stereocenters. The van der Waals surface area contributed by atoms with E-state index in [4.69, 9.17) is 34.8 Å². The van der Waals surface area contributed by atoms with Crippen LogP contribution < -0.4 is 0 Å². The van der Waals surface area contributed by atoms with Gasteiger partial charge in [0.15, 0.2) is 5.78 Å². The van der Waals surface area contributed by atoms with E-state index in [0.29, 0.717) is 13.1 Å². The van der Waals surface area contributed by atoms with E-state index in [0.717, 1.165) is 0 Å². The van der Waals surface area contributed by atoms with Crippen LogP contribution in [0, 0.1) is 5.41 Å². The van der Waals surface area contributed by atoms with Crippen LogP contribution in [0.2, 0.25) is 0 Å². The van der Waals surface area contributed by atoms with Crippen LogP contribution in [0.3, 0.4) is 0 Å². The molecular formula is C14H23Cl3N4O. The summed E-state index contributed by atoms with van der Waals surface area (Å²) in [4.78, 5) is 18.9. The van der Waals surface area contributed by atoms with Gasteiger partial charge in [-0.15, -0.1) is 0 Å². The molecule has 0 bridgehead atoms. The topological polar surface area (TPSA) is 51.0 Å². The molecular weight excluding hydrogens is 347 g/mol. The van der Waals surface area contributed by atoms with Gasteiger partial charge >= 0.3 is 0 Å². The number of hydrogen-bond donors (Lipinski definition) is 0. The Morgan fingerprint density at radius 3 is 2.09 bits per heavy atom. The molecule has 0 fully saturated rings. The van der Waals surface area contributed by atoms with E-state index < -0.39 is 21.3 Å². The quantitative estimate of drug-likeness (QED) is 0.720. The van der Waals surface area contributed by atoms with Gasteiger partial charge in [0, 0.05) is 5.41 Å². The maximum Gasteiger partial charge on any atom is 0.208 e. The monoisotopic (exact) mass is 368 g/mol. The van der Waals surface area contributed by atoms with Crippen LogP contribution in [0.4, 0.5) is 0 Å². The Bertz CT molecular complexity index is 475. The average Bonchev–Trinajstić information content (AvgIpc) is 2.90. The lowest BCUT2D eigenvalue weighted by Crippen LogP contribution is -2.53. The number of alkyl halides is 3. The van der Waals surface area contributed by atoms with Gasteiger partial charge in [-0.3, -0.25) is 9.69 Å². The zero-order valence-corrected chi connectivity index (χ0v) is 15.8. The smallest absolute Gasteiger partial charge is 0.208 e. The van der Waals surface area contributed by atoms with Crippen molar-refractivity contribution in [3.8, 4) is 0 Å². The first-order valence-electron chi connectivity index (χ1n) is 7.23. The number of halogens is 3. The Kier molecular flexibility index (Phi) is 6.69. The zero-order valence-electron chi connectivity index (χ0n) is 13.6. The summed E-state index contributed by atoms with van der Waals surface area (Å²) in [6, 6.07) is -1.36. The molecule has 0 aliphatic carbocycles. The van der Waals surface area contributed by atoms with Crippen molar-refractivity contribution >= 4 is 40.6 Å². The van der Waals surface area contributed by atoms with Crippen molar-refractivity contribution in [1.29, 1.82) is 0 Å². The maximum absolute atomic E-state index is 13.0. The summed E-state index contributed by atoms with van der Waals surface area (Å²) in [5.41, 5.74) is -0.599. The number of nitrogens with zero attached hydrogens (tertiary/aromatic N) is 4. The van der Waals surface area contributed by atoms with Gasteiger partial charge in [0.05, 0.1) is 6.04 Å². The summed E-state index contributed by atoms with van der Waals surface area (Å²) in [5.74, 6) is -0.0544. The summed E-state index contributed by atoms with van der Waals surface area (Å²) < 4.78 is -0.151. The van der Waals surface area contributed by atoms with E-state index in [1.165, 1.54) is 17.3 Å². The van der Waals surface area contributed by atoms with Gasteiger partial charge in [0.2, 0.25) is 3.79 Å². The molecule has 0 saturated carbocycles.